The molecule has 1 fully saturated rings. The minimum atomic E-state index is -0.0934. The molecule has 0 aromatic carbocycles. The zero-order valence-electron chi connectivity index (χ0n) is 12.3. The molecule has 0 radical (unpaired) electrons. The Morgan fingerprint density at radius 1 is 1.50 bits per heavy atom. The zero-order valence-corrected chi connectivity index (χ0v) is 13.0. The summed E-state index contributed by atoms with van der Waals surface area (Å²) in [6, 6.07) is 3.67. The van der Waals surface area contributed by atoms with Crippen LogP contribution >= 0.6 is 11.6 Å². The van der Waals surface area contributed by atoms with E-state index in [2.05, 4.69) is 15.3 Å². The van der Waals surface area contributed by atoms with Gasteiger partial charge in [-0.25, -0.2) is 9.97 Å². The standard InChI is InChI=1S/C15H17ClN4O2/c1-10-7-13(18-9-17-10)19-11-3-2-5-20(8-11)15(21)12-4-6-22-14(12)16/h4,6-7,9,11H,2-3,5,8H2,1H3,(H,17,18,19)/t11-/m0/s1. The number of furan rings is 1. The van der Waals surface area contributed by atoms with Crippen LogP contribution in [0.4, 0.5) is 5.82 Å². The number of aromatic nitrogens is 2. The number of hydrogen-bond donors (Lipinski definition) is 1. The Labute approximate surface area is 133 Å². The third kappa shape index (κ3) is 3.22. The van der Waals surface area contributed by atoms with Crippen LogP contribution in [0.15, 0.2) is 29.1 Å². The van der Waals surface area contributed by atoms with E-state index in [0.717, 1.165) is 30.9 Å². The van der Waals surface area contributed by atoms with Gasteiger partial charge in [0.1, 0.15) is 12.1 Å². The van der Waals surface area contributed by atoms with Crippen LogP contribution in [-0.2, 0) is 0 Å². The first kappa shape index (κ1) is 14.8. The molecule has 0 bridgehead atoms. The van der Waals surface area contributed by atoms with Gasteiger partial charge in [0.2, 0.25) is 5.22 Å². The minimum Gasteiger partial charge on any atom is -0.452 e. The predicted octanol–water partition coefficient (Wildman–Crippen LogP) is 2.75. The number of likely N-dealkylation sites (tertiary alicyclic amines) is 1. The number of aryl methyl sites for hydroxylation is 1. The molecule has 0 aliphatic carbocycles. The molecule has 0 spiro atoms. The number of carbonyl (C=O) groups excluding carboxylic acids is 1. The van der Waals surface area contributed by atoms with E-state index in [0.29, 0.717) is 12.1 Å². The third-order valence-corrected chi connectivity index (χ3v) is 4.01. The van der Waals surface area contributed by atoms with Gasteiger partial charge >= 0.3 is 0 Å². The molecule has 2 aromatic heterocycles. The van der Waals surface area contributed by atoms with Crippen molar-refractivity contribution in [2.45, 2.75) is 25.8 Å². The molecule has 3 rings (SSSR count). The fraction of sp³-hybridized carbons (Fsp3) is 0.400. The van der Waals surface area contributed by atoms with Gasteiger partial charge in [0.15, 0.2) is 0 Å². The first-order valence-corrected chi connectivity index (χ1v) is 7.59. The number of amides is 1. The van der Waals surface area contributed by atoms with E-state index >= 15 is 0 Å². The maximum Gasteiger partial charge on any atom is 0.258 e. The number of nitrogens with zero attached hydrogens (tertiary/aromatic N) is 3. The summed E-state index contributed by atoms with van der Waals surface area (Å²) in [5, 5.41) is 3.51. The van der Waals surface area contributed by atoms with Crippen molar-refractivity contribution in [2.24, 2.45) is 0 Å². The van der Waals surface area contributed by atoms with Crippen molar-refractivity contribution >= 4 is 23.3 Å². The number of anilines is 1. The number of nitrogens with one attached hydrogen (secondary N) is 1. The summed E-state index contributed by atoms with van der Waals surface area (Å²) < 4.78 is 5.00. The Morgan fingerprint density at radius 2 is 2.36 bits per heavy atom. The second-order valence-corrected chi connectivity index (χ2v) is 5.73. The van der Waals surface area contributed by atoms with Gasteiger partial charge < -0.3 is 14.6 Å². The van der Waals surface area contributed by atoms with Crippen LogP contribution < -0.4 is 5.32 Å². The Bertz CT molecular complexity index is 673. The minimum absolute atomic E-state index is 0.0934. The SMILES string of the molecule is Cc1cc(N[C@H]2CCCN(C(=O)c3ccoc3Cl)C2)ncn1. The molecule has 7 heteroatoms. The molecule has 2 aromatic rings. The van der Waals surface area contributed by atoms with Crippen molar-refractivity contribution in [3.05, 3.63) is 41.2 Å². The highest BCUT2D eigenvalue weighted by atomic mass is 35.5. The second-order valence-electron chi connectivity index (χ2n) is 5.39. The number of carbonyl (C=O) groups is 1. The van der Waals surface area contributed by atoms with E-state index in [9.17, 15) is 4.79 Å². The Morgan fingerprint density at radius 3 is 3.09 bits per heavy atom. The Hall–Kier alpha value is -2.08. The molecule has 1 N–H and O–H groups in total. The van der Waals surface area contributed by atoms with E-state index in [-0.39, 0.29) is 17.2 Å². The molecule has 0 unspecified atom stereocenters. The largest absolute Gasteiger partial charge is 0.452 e. The van der Waals surface area contributed by atoms with Crippen molar-refractivity contribution in [1.82, 2.24) is 14.9 Å². The monoisotopic (exact) mass is 320 g/mol. The summed E-state index contributed by atoms with van der Waals surface area (Å²) in [6.45, 7) is 3.26. The molecule has 1 atom stereocenters. The first-order valence-electron chi connectivity index (χ1n) is 7.21. The lowest BCUT2D eigenvalue weighted by molar-refractivity contribution is 0.0714. The topological polar surface area (TPSA) is 71.3 Å². The predicted molar refractivity (Wildman–Crippen MR) is 83.0 cm³/mol. The van der Waals surface area contributed by atoms with Crippen molar-refractivity contribution < 1.29 is 9.21 Å². The second kappa shape index (κ2) is 6.36. The lowest BCUT2D eigenvalue weighted by Crippen LogP contribution is -2.45. The number of halogens is 1. The molecule has 0 saturated carbocycles. The van der Waals surface area contributed by atoms with Gasteiger partial charge in [0, 0.05) is 30.9 Å². The first-order chi connectivity index (χ1) is 10.6. The number of piperidine rings is 1. The van der Waals surface area contributed by atoms with Gasteiger partial charge in [-0.1, -0.05) is 0 Å². The molecule has 1 aliphatic heterocycles. The maximum absolute atomic E-state index is 12.5. The van der Waals surface area contributed by atoms with Crippen LogP contribution in [0.25, 0.3) is 0 Å². The average molecular weight is 321 g/mol. The molecule has 1 amide bonds. The Balaban J connectivity index is 1.67. The number of hydrogen-bond acceptors (Lipinski definition) is 5. The summed E-state index contributed by atoms with van der Waals surface area (Å²) >= 11 is 5.89. The van der Waals surface area contributed by atoms with Crippen molar-refractivity contribution in [3.8, 4) is 0 Å². The average Bonchev–Trinajstić information content (AvgIpc) is 2.93. The fourth-order valence-corrected chi connectivity index (χ4v) is 2.83. The zero-order chi connectivity index (χ0) is 15.5. The van der Waals surface area contributed by atoms with Crippen molar-refractivity contribution in [2.75, 3.05) is 18.4 Å². The summed E-state index contributed by atoms with van der Waals surface area (Å²) in [7, 11) is 0. The van der Waals surface area contributed by atoms with Gasteiger partial charge in [-0.05, 0) is 37.4 Å². The van der Waals surface area contributed by atoms with E-state index in [1.165, 1.54) is 12.6 Å². The normalized spacial score (nSPS) is 18.3. The smallest absolute Gasteiger partial charge is 0.258 e. The molecule has 3 heterocycles. The van der Waals surface area contributed by atoms with Crippen LogP contribution in [0.5, 0.6) is 0 Å². The van der Waals surface area contributed by atoms with E-state index in [1.54, 1.807) is 11.0 Å². The molecule has 1 aliphatic rings. The molecule has 6 nitrogen and oxygen atoms in total. The molecule has 1 saturated heterocycles. The van der Waals surface area contributed by atoms with Crippen molar-refractivity contribution in [3.63, 3.8) is 0 Å². The lowest BCUT2D eigenvalue weighted by atomic mass is 10.0. The van der Waals surface area contributed by atoms with Crippen LogP contribution in [0.3, 0.4) is 0 Å². The highest BCUT2D eigenvalue weighted by molar-refractivity contribution is 6.32. The lowest BCUT2D eigenvalue weighted by Gasteiger charge is -2.33. The van der Waals surface area contributed by atoms with Gasteiger partial charge in [-0.15, -0.1) is 0 Å². The van der Waals surface area contributed by atoms with Crippen LogP contribution in [0, 0.1) is 6.92 Å². The van der Waals surface area contributed by atoms with E-state index < -0.39 is 0 Å². The third-order valence-electron chi connectivity index (χ3n) is 3.71. The maximum atomic E-state index is 12.5. The summed E-state index contributed by atoms with van der Waals surface area (Å²) in [5.41, 5.74) is 1.33. The molecular formula is C15H17ClN4O2. The van der Waals surface area contributed by atoms with Crippen LogP contribution in [0.2, 0.25) is 5.22 Å². The van der Waals surface area contributed by atoms with Gasteiger partial charge in [-0.2, -0.15) is 0 Å². The van der Waals surface area contributed by atoms with E-state index in [1.807, 2.05) is 13.0 Å². The molecule has 116 valence electrons. The quantitative estimate of drug-likeness (QED) is 0.941. The Kier molecular flexibility index (Phi) is 4.29. The van der Waals surface area contributed by atoms with Gasteiger partial charge in [0.25, 0.3) is 5.91 Å². The van der Waals surface area contributed by atoms with Crippen LogP contribution in [0.1, 0.15) is 28.9 Å². The fourth-order valence-electron chi connectivity index (χ4n) is 2.64. The van der Waals surface area contributed by atoms with E-state index in [4.69, 9.17) is 16.0 Å². The van der Waals surface area contributed by atoms with Crippen molar-refractivity contribution in [1.29, 1.82) is 0 Å². The summed E-state index contributed by atoms with van der Waals surface area (Å²) in [5.74, 6) is 0.692. The highest BCUT2D eigenvalue weighted by Gasteiger charge is 2.26. The molecule has 22 heavy (non-hydrogen) atoms. The number of rotatable bonds is 3. The van der Waals surface area contributed by atoms with Crippen LogP contribution in [-0.4, -0.2) is 39.9 Å². The summed E-state index contributed by atoms with van der Waals surface area (Å²) in [6.07, 6.45) is 4.89. The molecular weight excluding hydrogens is 304 g/mol. The highest BCUT2D eigenvalue weighted by Crippen LogP contribution is 2.22. The van der Waals surface area contributed by atoms with Gasteiger partial charge in [0.05, 0.1) is 11.8 Å². The summed E-state index contributed by atoms with van der Waals surface area (Å²) in [4.78, 5) is 22.5. The van der Waals surface area contributed by atoms with Gasteiger partial charge in [-0.3, -0.25) is 4.79 Å².